The maximum atomic E-state index is 13.4. The van der Waals surface area contributed by atoms with Crippen LogP contribution in [0.1, 0.15) is 12.8 Å². The molecule has 34 heavy (non-hydrogen) atoms. The average molecular weight is 495 g/mol. The quantitative estimate of drug-likeness (QED) is 0.613. The summed E-state index contributed by atoms with van der Waals surface area (Å²) in [6.45, 7) is 3.37. The molecular formula is C25H32ClFN2O5. The summed E-state index contributed by atoms with van der Waals surface area (Å²) < 4.78 is 29.9. The van der Waals surface area contributed by atoms with E-state index >= 15 is 0 Å². The Morgan fingerprint density at radius 1 is 1.03 bits per heavy atom. The molecule has 186 valence electrons. The second kappa shape index (κ2) is 10.7. The number of β-amino-alcohol motifs (C(OH)–C–C–N with tert-alkyl or cyclic N) is 2. The molecule has 7 nitrogen and oxygen atoms in total. The van der Waals surface area contributed by atoms with Crippen LogP contribution in [-0.2, 0) is 4.74 Å². The maximum Gasteiger partial charge on any atom is 0.142 e. The molecule has 4 rings (SSSR count). The lowest BCUT2D eigenvalue weighted by Crippen LogP contribution is -2.55. The number of rotatable bonds is 7. The topological polar surface area (TPSA) is 74.6 Å². The Bertz CT molecular complexity index is 955. The molecule has 1 atom stereocenters. The summed E-state index contributed by atoms with van der Waals surface area (Å²) >= 11 is 5.82. The van der Waals surface area contributed by atoms with Crippen molar-refractivity contribution in [3.8, 4) is 11.5 Å². The van der Waals surface area contributed by atoms with Gasteiger partial charge < -0.3 is 29.3 Å². The summed E-state index contributed by atoms with van der Waals surface area (Å²) in [6, 6.07) is 12.0. The Balaban J connectivity index is 1.32. The van der Waals surface area contributed by atoms with Crippen molar-refractivity contribution >= 4 is 17.3 Å². The minimum atomic E-state index is -1.27. The molecule has 0 spiro atoms. The highest BCUT2D eigenvalue weighted by Crippen LogP contribution is 2.29. The minimum Gasteiger partial charge on any atom is -0.497 e. The predicted octanol–water partition coefficient (Wildman–Crippen LogP) is 2.96. The van der Waals surface area contributed by atoms with Gasteiger partial charge in [-0.2, -0.15) is 0 Å². The summed E-state index contributed by atoms with van der Waals surface area (Å²) in [6.07, 6.45) is 1.25. The van der Waals surface area contributed by atoms with Gasteiger partial charge in [-0.05, 0) is 49.2 Å². The van der Waals surface area contributed by atoms with E-state index in [1.54, 1.807) is 7.11 Å². The largest absolute Gasteiger partial charge is 0.497 e. The second-order valence-corrected chi connectivity index (χ2v) is 9.67. The summed E-state index contributed by atoms with van der Waals surface area (Å²) in [5, 5.41) is 22.4. The number of benzene rings is 2. The van der Waals surface area contributed by atoms with Gasteiger partial charge >= 0.3 is 0 Å². The van der Waals surface area contributed by atoms with E-state index in [1.807, 2.05) is 29.2 Å². The molecule has 0 bridgehead atoms. The second-order valence-electron chi connectivity index (χ2n) is 9.26. The lowest BCUT2D eigenvalue weighted by atomic mass is 9.90. The Hall–Kier alpha value is -2.10. The van der Waals surface area contributed by atoms with Crippen LogP contribution in [0.25, 0.3) is 0 Å². The number of halogens is 2. The van der Waals surface area contributed by atoms with Crippen molar-refractivity contribution in [3.63, 3.8) is 0 Å². The van der Waals surface area contributed by atoms with Crippen LogP contribution in [0.5, 0.6) is 11.5 Å². The van der Waals surface area contributed by atoms with Crippen LogP contribution in [0.4, 0.5) is 10.1 Å². The van der Waals surface area contributed by atoms with Crippen molar-refractivity contribution in [2.45, 2.75) is 24.0 Å². The third-order valence-electron chi connectivity index (χ3n) is 6.49. The first-order chi connectivity index (χ1) is 16.3. The first-order valence-electron chi connectivity index (χ1n) is 11.5. The Morgan fingerprint density at radius 3 is 2.41 bits per heavy atom. The van der Waals surface area contributed by atoms with E-state index in [-0.39, 0.29) is 18.2 Å². The van der Waals surface area contributed by atoms with Gasteiger partial charge in [0.2, 0.25) is 0 Å². The highest BCUT2D eigenvalue weighted by Gasteiger charge is 2.39. The first-order valence-corrected chi connectivity index (χ1v) is 11.9. The van der Waals surface area contributed by atoms with E-state index in [2.05, 4.69) is 4.90 Å². The monoisotopic (exact) mass is 494 g/mol. The zero-order chi connectivity index (χ0) is 24.2. The van der Waals surface area contributed by atoms with Gasteiger partial charge in [-0.25, -0.2) is 4.39 Å². The molecule has 2 N–H and O–H groups in total. The van der Waals surface area contributed by atoms with Crippen molar-refractivity contribution in [3.05, 3.63) is 53.3 Å². The number of aliphatic hydroxyl groups is 2. The Kier molecular flexibility index (Phi) is 7.84. The molecule has 0 unspecified atom stereocenters. The molecule has 0 saturated carbocycles. The number of ether oxygens (including phenoxy) is 3. The number of hydrogen-bond acceptors (Lipinski definition) is 7. The lowest BCUT2D eigenvalue weighted by molar-refractivity contribution is -0.0742. The van der Waals surface area contributed by atoms with Crippen molar-refractivity contribution in [2.24, 2.45) is 0 Å². The van der Waals surface area contributed by atoms with Crippen LogP contribution in [-0.4, -0.2) is 86.0 Å². The van der Waals surface area contributed by atoms with Crippen molar-refractivity contribution < 1.29 is 28.8 Å². The van der Waals surface area contributed by atoms with Gasteiger partial charge in [-0.1, -0.05) is 11.6 Å². The van der Waals surface area contributed by atoms with Crippen molar-refractivity contribution in [1.82, 2.24) is 4.90 Å². The highest BCUT2D eigenvalue weighted by molar-refractivity contribution is 6.30. The van der Waals surface area contributed by atoms with Gasteiger partial charge in [-0.3, -0.25) is 4.90 Å². The smallest absolute Gasteiger partial charge is 0.142 e. The summed E-state index contributed by atoms with van der Waals surface area (Å²) in [5.41, 5.74) is -1.00. The van der Waals surface area contributed by atoms with E-state index in [0.717, 1.165) is 24.5 Å². The van der Waals surface area contributed by atoms with Crippen LogP contribution in [0, 0.1) is 5.82 Å². The van der Waals surface area contributed by atoms with E-state index in [0.29, 0.717) is 44.8 Å². The highest BCUT2D eigenvalue weighted by atomic mass is 35.5. The summed E-state index contributed by atoms with van der Waals surface area (Å²) in [7, 11) is 1.65. The zero-order valence-corrected chi connectivity index (χ0v) is 20.1. The molecule has 2 fully saturated rings. The lowest BCUT2D eigenvalue weighted by Gasteiger charge is -2.42. The minimum absolute atomic E-state index is 0.0326. The Morgan fingerprint density at radius 2 is 1.74 bits per heavy atom. The van der Waals surface area contributed by atoms with Crippen LogP contribution in [0.15, 0.2) is 42.5 Å². The van der Waals surface area contributed by atoms with Crippen molar-refractivity contribution in [1.29, 1.82) is 0 Å². The number of piperidine rings is 1. The molecule has 2 aromatic carbocycles. The third-order valence-corrected chi connectivity index (χ3v) is 6.78. The zero-order valence-electron chi connectivity index (χ0n) is 19.4. The van der Waals surface area contributed by atoms with Gasteiger partial charge in [0, 0.05) is 44.5 Å². The van der Waals surface area contributed by atoms with Crippen LogP contribution >= 0.6 is 11.6 Å². The van der Waals surface area contributed by atoms with Gasteiger partial charge in [0.05, 0.1) is 30.9 Å². The first kappa shape index (κ1) is 25.0. The summed E-state index contributed by atoms with van der Waals surface area (Å²) in [5.74, 6) is 0.669. The maximum absolute atomic E-state index is 13.4. The van der Waals surface area contributed by atoms with E-state index in [1.165, 1.54) is 18.2 Å². The normalized spacial score (nSPS) is 23.4. The molecule has 2 aromatic rings. The van der Waals surface area contributed by atoms with Gasteiger partial charge in [0.15, 0.2) is 0 Å². The molecule has 0 radical (unpaired) electrons. The molecule has 0 amide bonds. The van der Waals surface area contributed by atoms with Crippen LogP contribution in [0.3, 0.4) is 0 Å². The molecule has 2 saturated heterocycles. The fraction of sp³-hybridized carbons (Fsp3) is 0.520. The summed E-state index contributed by atoms with van der Waals surface area (Å²) in [4.78, 5) is 4.30. The molecule has 9 heteroatoms. The van der Waals surface area contributed by atoms with Crippen molar-refractivity contribution in [2.75, 3.05) is 64.6 Å². The van der Waals surface area contributed by atoms with Crippen LogP contribution < -0.4 is 14.4 Å². The number of nitrogens with zero attached hydrogens (tertiary/aromatic N) is 2. The number of methoxy groups -OCH3 is 1. The fourth-order valence-corrected chi connectivity index (χ4v) is 4.72. The molecule has 2 aliphatic rings. The molecule has 2 heterocycles. The van der Waals surface area contributed by atoms with Gasteiger partial charge in [-0.15, -0.1) is 0 Å². The van der Waals surface area contributed by atoms with E-state index in [9.17, 15) is 14.6 Å². The molecular weight excluding hydrogens is 463 g/mol. The predicted molar refractivity (Wildman–Crippen MR) is 129 cm³/mol. The Labute approximate surface area is 204 Å². The average Bonchev–Trinajstić information content (AvgIpc) is 3.01. The van der Waals surface area contributed by atoms with Gasteiger partial charge in [0.1, 0.15) is 29.5 Å². The number of hydrogen-bond donors (Lipinski definition) is 2. The number of anilines is 1. The van der Waals surface area contributed by atoms with E-state index < -0.39 is 17.0 Å². The molecule has 0 aromatic heterocycles. The standard InChI is InChI=1S/C25H32ClFN2O5/c1-32-20-4-2-19(3-5-20)29-10-8-24(30,9-11-29)15-28-12-13-33-17-25(31,16-28)18-34-21-6-7-23(27)22(26)14-21/h2-7,14,30-31H,8-13,15-18H2,1H3/t25-/m1/s1. The van der Waals surface area contributed by atoms with Gasteiger partial charge in [0.25, 0.3) is 0 Å². The van der Waals surface area contributed by atoms with Crippen LogP contribution in [0.2, 0.25) is 5.02 Å². The van der Waals surface area contributed by atoms with E-state index in [4.69, 9.17) is 25.8 Å². The SMILES string of the molecule is COc1ccc(N2CCC(O)(CN3CCOC[C@@](O)(COc4ccc(F)c(Cl)c4)C3)CC2)cc1. The fourth-order valence-electron chi connectivity index (χ4n) is 4.55. The molecule has 0 aliphatic carbocycles. The third kappa shape index (κ3) is 6.31. The molecule has 2 aliphatic heterocycles.